The maximum Gasteiger partial charge on any atom is 0.422 e. The molecular formula is C55H56Cl2F6N14O10. The second-order valence-corrected chi connectivity index (χ2v) is 20.5. The minimum Gasteiger partial charge on any atom is -0.467 e. The average molecular weight is 1260 g/mol. The molecule has 2 fully saturated rings. The van der Waals surface area contributed by atoms with E-state index in [1.165, 1.54) is 69.7 Å². The molecule has 0 radical (unpaired) electrons. The summed E-state index contributed by atoms with van der Waals surface area (Å²) in [5.41, 5.74) is 7.39. The first-order chi connectivity index (χ1) is 41.2. The molecule has 3 amide bonds. The van der Waals surface area contributed by atoms with Gasteiger partial charge in [-0.1, -0.05) is 47.5 Å². The molecule has 0 aliphatic heterocycles. The van der Waals surface area contributed by atoms with Crippen LogP contribution in [0.15, 0.2) is 97.1 Å². The molecule has 0 unspecified atom stereocenters. The number of carbonyl (C=O) groups excluding carboxylic acids is 6. The lowest BCUT2D eigenvalue weighted by Crippen LogP contribution is -2.46. The fraction of sp³-hybridized carbons (Fsp3) is 0.345. The zero-order chi connectivity index (χ0) is 63.3. The van der Waals surface area contributed by atoms with Gasteiger partial charge >= 0.3 is 36.3 Å². The average Bonchev–Trinajstić information content (AvgIpc) is 3.26. The molecule has 2 heterocycles. The number of benzene rings is 4. The van der Waals surface area contributed by atoms with E-state index >= 15 is 0 Å². The maximum atomic E-state index is 12.9. The van der Waals surface area contributed by atoms with E-state index < -0.39 is 96.2 Å². The third-order valence-electron chi connectivity index (χ3n) is 12.9. The Morgan fingerprint density at radius 2 is 0.931 bits per heavy atom. The quantitative estimate of drug-likeness (QED) is 0.0165. The van der Waals surface area contributed by atoms with Crippen LogP contribution in [0.4, 0.5) is 61.5 Å². The monoisotopic (exact) mass is 1260 g/mol. The molecule has 2 atom stereocenters. The van der Waals surface area contributed by atoms with Crippen molar-refractivity contribution in [3.63, 3.8) is 0 Å². The molecule has 2 aromatic heterocycles. The predicted octanol–water partition coefficient (Wildman–Crippen LogP) is 7.56. The molecule has 87 heavy (non-hydrogen) atoms. The molecule has 0 spiro atoms. The molecule has 8 N–H and O–H groups in total. The number of rotatable bonds is 25. The number of anilines is 6. The molecule has 462 valence electrons. The molecule has 2 aliphatic carbocycles. The zero-order valence-corrected chi connectivity index (χ0v) is 48.1. The molecule has 0 bridgehead atoms. The molecule has 2 saturated carbocycles. The van der Waals surface area contributed by atoms with Crippen molar-refractivity contribution < 1.29 is 74.1 Å². The van der Waals surface area contributed by atoms with Crippen LogP contribution >= 0.6 is 23.2 Å². The number of Topliss-reactive ketones (excluding diaryl/α,β-unsaturated/α-hetero) is 1. The summed E-state index contributed by atoms with van der Waals surface area (Å²) < 4.78 is 95.9. The molecule has 24 nitrogen and oxygen atoms in total. The number of alkyl halides is 6. The van der Waals surface area contributed by atoms with Crippen molar-refractivity contribution in [1.82, 2.24) is 45.4 Å². The van der Waals surface area contributed by atoms with Crippen molar-refractivity contribution in [3.05, 3.63) is 129 Å². The normalized spacial score (nSPS) is 14.2. The standard InChI is InChI=1S/C30H31ClF3N7O6.C25H25ClF3N7O4/c1-41(2)24(44)22(42)13-12-21(25(45)46-3)36-23(43)17-4-10-20(11-5-17)35-26-37-27(39-28(38-26)47-16-30(32,33)34)40-29(14-15-29)18-6-8-19(31)9-7-18;1-39-20(38)18(12-30)32-19(37)14-2-8-17(9-3-14)31-21-33-22(35-23(34-21)40-13-25(27,28)29)36-24(10-11-24)15-4-6-16(26)7-5-15/h4-11,21H,12-16H2,1-3H3,(H,36,43)(H2,35,37,38,39,40);2-9,18H,10-13,30H2,1H3,(H,32,37)(H2,31,33,34,35,36)/t21-;18-/m00/s1. The minimum atomic E-state index is -4.63. The number of nitrogens with zero attached hydrogens (tertiary/aromatic N) is 7. The van der Waals surface area contributed by atoms with Gasteiger partial charge in [0.15, 0.2) is 13.2 Å². The topological polar surface area (TPSA) is 318 Å². The van der Waals surface area contributed by atoms with E-state index in [1.807, 2.05) is 24.3 Å². The summed E-state index contributed by atoms with van der Waals surface area (Å²) >= 11 is 12.0. The lowest BCUT2D eigenvalue weighted by Gasteiger charge is -2.19. The number of ether oxygens (including phenoxy) is 4. The van der Waals surface area contributed by atoms with Crippen molar-refractivity contribution >= 4 is 93.8 Å². The number of esters is 2. The number of likely N-dealkylation sites (N-methyl/N-ethyl adjacent to an activating group) is 1. The number of ketones is 1. The molecule has 4 aromatic carbocycles. The number of methoxy groups -OCH3 is 2. The Bertz CT molecular complexity index is 3420. The summed E-state index contributed by atoms with van der Waals surface area (Å²) in [5.74, 6) is -4.40. The second kappa shape index (κ2) is 28.4. The highest BCUT2D eigenvalue weighted by Crippen LogP contribution is 2.49. The Labute approximate surface area is 502 Å². The van der Waals surface area contributed by atoms with Crippen LogP contribution in [0, 0.1) is 0 Å². The first kappa shape index (κ1) is 65.4. The van der Waals surface area contributed by atoms with Crippen molar-refractivity contribution in [1.29, 1.82) is 0 Å². The molecule has 0 saturated heterocycles. The Morgan fingerprint density at radius 3 is 1.28 bits per heavy atom. The van der Waals surface area contributed by atoms with Gasteiger partial charge in [-0.25, -0.2) is 9.59 Å². The van der Waals surface area contributed by atoms with E-state index in [9.17, 15) is 55.1 Å². The summed E-state index contributed by atoms with van der Waals surface area (Å²) in [6.45, 7) is -3.35. The van der Waals surface area contributed by atoms with E-state index in [0.717, 1.165) is 36.0 Å². The molecule has 6 aromatic rings. The lowest BCUT2D eigenvalue weighted by atomic mass is 10.1. The van der Waals surface area contributed by atoms with Crippen LogP contribution in [0.3, 0.4) is 0 Å². The number of hydrogen-bond acceptors (Lipinski definition) is 21. The third kappa shape index (κ3) is 19.2. The van der Waals surface area contributed by atoms with Crippen LogP contribution in [-0.2, 0) is 39.7 Å². The van der Waals surface area contributed by atoms with Gasteiger partial charge in [0, 0.05) is 59.6 Å². The second-order valence-electron chi connectivity index (χ2n) is 19.7. The molecule has 2 aliphatic rings. The van der Waals surface area contributed by atoms with Gasteiger partial charge < -0.3 is 61.5 Å². The van der Waals surface area contributed by atoms with Gasteiger partial charge in [0.1, 0.15) is 12.1 Å². The Balaban J connectivity index is 0.000000252. The van der Waals surface area contributed by atoms with Gasteiger partial charge in [-0.05, 0) is 116 Å². The number of nitrogens with two attached hydrogens (primary N) is 1. The van der Waals surface area contributed by atoms with Crippen LogP contribution in [0.1, 0.15) is 70.4 Å². The van der Waals surface area contributed by atoms with Crippen LogP contribution in [0.2, 0.25) is 10.0 Å². The Morgan fingerprint density at radius 1 is 0.563 bits per heavy atom. The number of amides is 3. The van der Waals surface area contributed by atoms with Crippen molar-refractivity contribution in [2.45, 2.75) is 74.0 Å². The lowest BCUT2D eigenvalue weighted by molar-refractivity contribution is -0.155. The third-order valence-corrected chi connectivity index (χ3v) is 13.4. The van der Waals surface area contributed by atoms with Gasteiger partial charge in [0.25, 0.3) is 17.7 Å². The van der Waals surface area contributed by atoms with Gasteiger partial charge in [-0.2, -0.15) is 56.2 Å². The highest BCUT2D eigenvalue weighted by atomic mass is 35.5. The molecular weight excluding hydrogens is 1200 g/mol. The van der Waals surface area contributed by atoms with Gasteiger partial charge in [-0.3, -0.25) is 19.2 Å². The minimum absolute atomic E-state index is 0.00811. The first-order valence-electron chi connectivity index (χ1n) is 26.1. The van der Waals surface area contributed by atoms with Crippen LogP contribution in [-0.4, -0.2) is 143 Å². The van der Waals surface area contributed by atoms with Crippen molar-refractivity contribution in [2.24, 2.45) is 5.73 Å². The fourth-order valence-electron chi connectivity index (χ4n) is 8.08. The zero-order valence-electron chi connectivity index (χ0n) is 46.6. The summed E-state index contributed by atoms with van der Waals surface area (Å²) in [4.78, 5) is 98.8. The highest BCUT2D eigenvalue weighted by Gasteiger charge is 2.46. The van der Waals surface area contributed by atoms with E-state index in [2.05, 4.69) is 66.5 Å². The number of nitrogens with one attached hydrogen (secondary N) is 6. The van der Waals surface area contributed by atoms with E-state index in [0.29, 0.717) is 34.3 Å². The molecule has 32 heteroatoms. The van der Waals surface area contributed by atoms with Crippen molar-refractivity contribution in [3.8, 4) is 12.0 Å². The number of aromatic nitrogens is 6. The number of halogens is 8. The summed E-state index contributed by atoms with van der Waals surface area (Å²) in [7, 11) is 5.14. The van der Waals surface area contributed by atoms with Gasteiger partial charge in [0.2, 0.25) is 29.6 Å². The van der Waals surface area contributed by atoms with Crippen LogP contribution in [0.25, 0.3) is 0 Å². The first-order valence-corrected chi connectivity index (χ1v) is 26.9. The smallest absolute Gasteiger partial charge is 0.422 e. The van der Waals surface area contributed by atoms with E-state index in [-0.39, 0.29) is 54.3 Å². The fourth-order valence-corrected chi connectivity index (χ4v) is 8.33. The SMILES string of the molecule is COC(=O)[C@H](CCC(=O)C(=O)N(C)C)NC(=O)c1ccc(Nc2nc(NC3(c4ccc(Cl)cc4)CC3)nc(OCC(F)(F)F)n2)cc1.COC(=O)[C@H](CN)NC(=O)c1ccc(Nc2nc(NC3(c4ccc(Cl)cc4)CC3)nc(OCC(F)(F)F)n2)cc1. The van der Waals surface area contributed by atoms with Gasteiger partial charge in [-0.15, -0.1) is 0 Å². The Kier molecular flexibility index (Phi) is 21.3. The molecule has 8 rings (SSSR count). The largest absolute Gasteiger partial charge is 0.467 e. The predicted molar refractivity (Wildman–Crippen MR) is 303 cm³/mol. The maximum absolute atomic E-state index is 12.9. The number of hydrogen-bond donors (Lipinski definition) is 7. The summed E-state index contributed by atoms with van der Waals surface area (Å²) in [6, 6.07) is 22.7. The van der Waals surface area contributed by atoms with E-state index in [1.54, 1.807) is 24.3 Å². The van der Waals surface area contributed by atoms with Crippen LogP contribution < -0.4 is 47.1 Å². The Hall–Kier alpha value is -9.16. The van der Waals surface area contributed by atoms with Crippen molar-refractivity contribution in [2.75, 3.05) is 69.3 Å². The van der Waals surface area contributed by atoms with Gasteiger partial charge in [0.05, 0.1) is 25.3 Å². The number of carbonyl (C=O) groups is 6. The van der Waals surface area contributed by atoms with E-state index in [4.69, 9.17) is 43.1 Å². The highest BCUT2D eigenvalue weighted by molar-refractivity contribution is 6.36. The van der Waals surface area contributed by atoms with Crippen LogP contribution in [0.5, 0.6) is 12.0 Å². The summed E-state index contributed by atoms with van der Waals surface area (Å²) in [5, 5.41) is 18.2. The summed E-state index contributed by atoms with van der Waals surface area (Å²) in [6.07, 6.45) is -6.76.